The van der Waals surface area contributed by atoms with Gasteiger partial charge in [-0.2, -0.15) is 0 Å². The van der Waals surface area contributed by atoms with Crippen molar-refractivity contribution in [3.63, 3.8) is 0 Å². The number of likely N-dealkylation sites (tertiary alicyclic amines) is 1. The van der Waals surface area contributed by atoms with E-state index < -0.39 is 5.60 Å². The minimum absolute atomic E-state index is 0.0836. The lowest BCUT2D eigenvalue weighted by Gasteiger charge is -2.44. The summed E-state index contributed by atoms with van der Waals surface area (Å²) in [6.07, 6.45) is 3.57. The molecule has 0 unspecified atom stereocenters. The highest BCUT2D eigenvalue weighted by molar-refractivity contribution is 6.30. The molecule has 1 aromatic heterocycles. The molecule has 2 aromatic carbocycles. The van der Waals surface area contributed by atoms with Crippen LogP contribution in [-0.4, -0.2) is 33.7 Å². The van der Waals surface area contributed by atoms with E-state index >= 15 is 0 Å². The second kappa shape index (κ2) is 8.52. The fourth-order valence-corrected chi connectivity index (χ4v) is 4.44. The number of nitrogens with zero attached hydrogens (tertiary/aromatic N) is 2. The molecule has 30 heavy (non-hydrogen) atoms. The SMILES string of the molecule is CC(C)(O)C(=C1CN(C(c2ccc(Cl)cc2)c2ccc(Cl)cc2)C1)c1cccnc1. The van der Waals surface area contributed by atoms with Gasteiger partial charge in [-0.25, -0.2) is 0 Å². The number of aromatic nitrogens is 1. The summed E-state index contributed by atoms with van der Waals surface area (Å²) >= 11 is 12.2. The smallest absolute Gasteiger partial charge is 0.0847 e. The van der Waals surface area contributed by atoms with Gasteiger partial charge in [0.2, 0.25) is 0 Å². The summed E-state index contributed by atoms with van der Waals surface area (Å²) in [5, 5.41) is 12.3. The highest BCUT2D eigenvalue weighted by Gasteiger charge is 2.35. The average molecular weight is 439 g/mol. The van der Waals surface area contributed by atoms with Gasteiger partial charge in [-0.05, 0) is 72.0 Å². The molecule has 4 rings (SSSR count). The highest BCUT2D eigenvalue weighted by Crippen LogP contribution is 2.40. The van der Waals surface area contributed by atoms with Crippen LogP contribution in [0.15, 0.2) is 78.6 Å². The van der Waals surface area contributed by atoms with Crippen molar-refractivity contribution in [3.8, 4) is 0 Å². The first-order valence-corrected chi connectivity index (χ1v) is 10.7. The third-order valence-electron chi connectivity index (χ3n) is 5.44. The zero-order valence-electron chi connectivity index (χ0n) is 17.0. The molecule has 0 atom stereocenters. The van der Waals surface area contributed by atoms with Gasteiger partial charge in [0.1, 0.15) is 0 Å². The number of halogens is 2. The molecule has 1 fully saturated rings. The number of benzene rings is 2. The average Bonchev–Trinajstić information content (AvgIpc) is 2.68. The Hall–Kier alpha value is -2.17. The normalized spacial score (nSPS) is 14.7. The van der Waals surface area contributed by atoms with Gasteiger partial charge in [0.15, 0.2) is 0 Å². The maximum atomic E-state index is 10.9. The van der Waals surface area contributed by atoms with Gasteiger partial charge in [0.25, 0.3) is 0 Å². The van der Waals surface area contributed by atoms with E-state index in [-0.39, 0.29) is 6.04 Å². The Bertz CT molecular complexity index is 986. The third-order valence-corrected chi connectivity index (χ3v) is 5.94. The number of hydrogen-bond donors (Lipinski definition) is 1. The first-order chi connectivity index (χ1) is 14.3. The lowest BCUT2D eigenvalue weighted by Crippen LogP contribution is -2.45. The van der Waals surface area contributed by atoms with Crippen molar-refractivity contribution in [2.75, 3.05) is 13.1 Å². The molecular formula is C25H24Cl2N2O. The molecule has 0 spiro atoms. The van der Waals surface area contributed by atoms with Crippen LogP contribution in [0.4, 0.5) is 0 Å². The molecule has 3 aromatic rings. The number of aliphatic hydroxyl groups is 1. The Morgan fingerprint density at radius 2 is 1.47 bits per heavy atom. The van der Waals surface area contributed by atoms with Gasteiger partial charge < -0.3 is 5.11 Å². The van der Waals surface area contributed by atoms with Gasteiger partial charge in [0.05, 0.1) is 11.6 Å². The fourth-order valence-electron chi connectivity index (χ4n) is 4.19. The van der Waals surface area contributed by atoms with Crippen LogP contribution >= 0.6 is 23.2 Å². The second-order valence-electron chi connectivity index (χ2n) is 8.19. The molecule has 0 aliphatic carbocycles. The second-order valence-corrected chi connectivity index (χ2v) is 9.06. The molecule has 2 heterocycles. The molecule has 1 aliphatic rings. The summed E-state index contributed by atoms with van der Waals surface area (Å²) in [5.74, 6) is 0. The first kappa shape index (κ1) is 21.1. The largest absolute Gasteiger partial charge is 0.386 e. The standard InChI is InChI=1S/C25H24Cl2N2O/c1-25(2,30)23(19-4-3-13-28-14-19)20-15-29(16-20)24(17-5-9-21(26)10-6-17)18-7-11-22(27)12-8-18/h3-14,24,30H,15-16H2,1-2H3. The zero-order chi connectivity index (χ0) is 21.3. The molecule has 0 saturated carbocycles. The van der Waals surface area contributed by atoms with Gasteiger partial charge >= 0.3 is 0 Å². The van der Waals surface area contributed by atoms with Crippen molar-refractivity contribution in [1.82, 2.24) is 9.88 Å². The molecule has 154 valence electrons. The summed E-state index contributed by atoms with van der Waals surface area (Å²) in [5.41, 5.74) is 4.55. The van der Waals surface area contributed by atoms with Gasteiger partial charge in [-0.1, -0.05) is 53.5 Å². The molecule has 1 saturated heterocycles. The molecule has 0 radical (unpaired) electrons. The number of rotatable bonds is 5. The van der Waals surface area contributed by atoms with Crippen molar-refractivity contribution in [3.05, 3.63) is 105 Å². The maximum absolute atomic E-state index is 10.9. The molecule has 0 amide bonds. The van der Waals surface area contributed by atoms with Crippen LogP contribution in [0, 0.1) is 0 Å². The van der Waals surface area contributed by atoms with Crippen molar-refractivity contribution >= 4 is 28.8 Å². The van der Waals surface area contributed by atoms with E-state index in [1.807, 2.05) is 56.4 Å². The summed E-state index contributed by atoms with van der Waals surface area (Å²) in [7, 11) is 0. The van der Waals surface area contributed by atoms with Crippen LogP contribution in [0.25, 0.3) is 5.57 Å². The third kappa shape index (κ3) is 4.45. The molecular weight excluding hydrogens is 415 g/mol. The van der Waals surface area contributed by atoms with E-state index in [0.29, 0.717) is 0 Å². The molecule has 1 N–H and O–H groups in total. The Morgan fingerprint density at radius 3 is 1.90 bits per heavy atom. The van der Waals surface area contributed by atoms with E-state index in [9.17, 15) is 5.11 Å². The Kier molecular flexibility index (Phi) is 5.99. The predicted molar refractivity (Wildman–Crippen MR) is 124 cm³/mol. The van der Waals surface area contributed by atoms with Crippen molar-refractivity contribution in [2.45, 2.75) is 25.5 Å². The van der Waals surface area contributed by atoms with Crippen LogP contribution in [0.5, 0.6) is 0 Å². The summed E-state index contributed by atoms with van der Waals surface area (Å²) in [4.78, 5) is 6.63. The lowest BCUT2D eigenvalue weighted by atomic mass is 9.83. The van der Waals surface area contributed by atoms with Crippen molar-refractivity contribution in [1.29, 1.82) is 0 Å². The monoisotopic (exact) mass is 438 g/mol. The van der Waals surface area contributed by atoms with E-state index in [0.717, 1.165) is 34.3 Å². The van der Waals surface area contributed by atoms with Crippen molar-refractivity contribution < 1.29 is 5.11 Å². The lowest BCUT2D eigenvalue weighted by molar-refractivity contribution is 0.136. The Morgan fingerprint density at radius 1 is 0.933 bits per heavy atom. The Balaban J connectivity index is 1.69. The first-order valence-electron chi connectivity index (χ1n) is 9.93. The zero-order valence-corrected chi connectivity index (χ0v) is 18.5. The topological polar surface area (TPSA) is 36.4 Å². The predicted octanol–water partition coefficient (Wildman–Crippen LogP) is 6.02. The molecule has 1 aliphatic heterocycles. The minimum atomic E-state index is -0.944. The summed E-state index contributed by atoms with van der Waals surface area (Å²) in [6, 6.07) is 20.0. The summed E-state index contributed by atoms with van der Waals surface area (Å²) in [6.45, 7) is 5.20. The van der Waals surface area contributed by atoms with Gasteiger partial charge in [-0.3, -0.25) is 9.88 Å². The molecule has 5 heteroatoms. The fraction of sp³-hybridized carbons (Fsp3) is 0.240. The minimum Gasteiger partial charge on any atom is -0.386 e. The van der Waals surface area contributed by atoms with Gasteiger partial charge in [-0.15, -0.1) is 0 Å². The van der Waals surface area contributed by atoms with Crippen LogP contribution in [0.3, 0.4) is 0 Å². The number of hydrogen-bond acceptors (Lipinski definition) is 3. The van der Waals surface area contributed by atoms with Crippen LogP contribution in [0.2, 0.25) is 10.0 Å². The van der Waals surface area contributed by atoms with Crippen LogP contribution in [0.1, 0.15) is 36.6 Å². The quantitative estimate of drug-likeness (QED) is 0.528. The van der Waals surface area contributed by atoms with Crippen LogP contribution < -0.4 is 0 Å². The number of pyridine rings is 1. The highest BCUT2D eigenvalue weighted by atomic mass is 35.5. The maximum Gasteiger partial charge on any atom is 0.0847 e. The molecule has 3 nitrogen and oxygen atoms in total. The van der Waals surface area contributed by atoms with E-state index in [1.165, 1.54) is 16.7 Å². The summed E-state index contributed by atoms with van der Waals surface area (Å²) < 4.78 is 0. The molecule has 0 bridgehead atoms. The van der Waals surface area contributed by atoms with Gasteiger partial charge in [0, 0.05) is 35.5 Å². The van der Waals surface area contributed by atoms with E-state index in [1.54, 1.807) is 6.20 Å². The Labute approximate surface area is 187 Å². The van der Waals surface area contributed by atoms with E-state index in [2.05, 4.69) is 34.1 Å². The van der Waals surface area contributed by atoms with E-state index in [4.69, 9.17) is 23.2 Å². The van der Waals surface area contributed by atoms with Crippen molar-refractivity contribution in [2.24, 2.45) is 0 Å². The van der Waals surface area contributed by atoms with Crippen LogP contribution in [-0.2, 0) is 0 Å².